The molecule has 1 N–H and O–H groups in total. The van der Waals surface area contributed by atoms with Gasteiger partial charge in [-0.1, -0.05) is 0 Å². The molecule has 2 bridgehead atoms. The van der Waals surface area contributed by atoms with E-state index in [4.69, 9.17) is 0 Å². The number of anilines is 1. The number of carbonyl (C=O) groups is 1. The Hall–Kier alpha value is -1.51. The van der Waals surface area contributed by atoms with Crippen molar-refractivity contribution in [2.45, 2.75) is 19.3 Å². The van der Waals surface area contributed by atoms with Crippen LogP contribution in [-0.4, -0.2) is 18.1 Å². The Kier molecular flexibility index (Phi) is 2.23. The van der Waals surface area contributed by atoms with Crippen LogP contribution in [0.5, 0.6) is 5.75 Å². The van der Waals surface area contributed by atoms with Gasteiger partial charge in [0.05, 0.1) is 0 Å². The van der Waals surface area contributed by atoms with E-state index in [0.29, 0.717) is 11.8 Å². The van der Waals surface area contributed by atoms with E-state index >= 15 is 0 Å². The SMILES string of the molecule is CN(C(=O)C1C2C3CCC(C3)C12)c1ccc(O)cc1. The van der Waals surface area contributed by atoms with Crippen LogP contribution < -0.4 is 4.90 Å². The molecule has 3 nitrogen and oxygen atoms in total. The Labute approximate surface area is 113 Å². The Bertz CT molecular complexity index is 508. The predicted octanol–water partition coefficient (Wildman–Crippen LogP) is 2.65. The number of fused-ring (bicyclic) bond motifs is 5. The van der Waals surface area contributed by atoms with Crippen LogP contribution in [0.25, 0.3) is 0 Å². The highest BCUT2D eigenvalue weighted by Gasteiger charge is 2.67. The normalized spacial score (nSPS) is 38.1. The highest BCUT2D eigenvalue weighted by Crippen LogP contribution is 2.69. The molecule has 0 aliphatic heterocycles. The number of hydrogen-bond acceptors (Lipinski definition) is 2. The van der Waals surface area contributed by atoms with Crippen molar-refractivity contribution in [3.05, 3.63) is 24.3 Å². The van der Waals surface area contributed by atoms with Crippen LogP contribution >= 0.6 is 0 Å². The number of amides is 1. The molecule has 19 heavy (non-hydrogen) atoms. The fourth-order valence-electron chi connectivity index (χ4n) is 4.68. The lowest BCUT2D eigenvalue weighted by Gasteiger charge is -2.19. The van der Waals surface area contributed by atoms with E-state index in [1.807, 2.05) is 7.05 Å². The maximum Gasteiger partial charge on any atom is 0.230 e. The average Bonchev–Trinajstić information content (AvgIpc) is 2.85. The number of phenolic OH excluding ortho intramolecular Hbond substituents is 1. The molecule has 3 aliphatic carbocycles. The lowest BCUT2D eigenvalue weighted by atomic mass is 10.0. The highest BCUT2D eigenvalue weighted by atomic mass is 16.3. The minimum absolute atomic E-state index is 0.242. The van der Waals surface area contributed by atoms with Crippen molar-refractivity contribution in [3.8, 4) is 5.75 Å². The van der Waals surface area contributed by atoms with Gasteiger partial charge in [0.1, 0.15) is 5.75 Å². The van der Waals surface area contributed by atoms with Crippen LogP contribution in [0.15, 0.2) is 24.3 Å². The van der Waals surface area contributed by atoms with Gasteiger partial charge in [-0.25, -0.2) is 0 Å². The van der Waals surface area contributed by atoms with Gasteiger partial charge in [0.15, 0.2) is 0 Å². The van der Waals surface area contributed by atoms with Crippen molar-refractivity contribution >= 4 is 11.6 Å². The molecule has 0 aromatic heterocycles. The molecule has 100 valence electrons. The summed E-state index contributed by atoms with van der Waals surface area (Å²) in [6.45, 7) is 0. The molecule has 4 atom stereocenters. The number of nitrogens with zero attached hydrogens (tertiary/aromatic N) is 1. The summed E-state index contributed by atoms with van der Waals surface area (Å²) in [6.07, 6.45) is 4.07. The fraction of sp³-hybridized carbons (Fsp3) is 0.562. The average molecular weight is 257 g/mol. The molecule has 0 saturated heterocycles. The Balaban J connectivity index is 1.51. The summed E-state index contributed by atoms with van der Waals surface area (Å²) < 4.78 is 0. The maximum atomic E-state index is 12.6. The first-order valence-electron chi connectivity index (χ1n) is 7.23. The number of aromatic hydroxyl groups is 1. The summed E-state index contributed by atoms with van der Waals surface area (Å²) in [5, 5.41) is 9.30. The zero-order valence-electron chi connectivity index (χ0n) is 11.1. The molecule has 3 heteroatoms. The van der Waals surface area contributed by atoms with Crippen LogP contribution in [0.2, 0.25) is 0 Å². The quantitative estimate of drug-likeness (QED) is 0.884. The molecule has 0 spiro atoms. The molecule has 4 unspecified atom stereocenters. The first-order chi connectivity index (χ1) is 9.16. The van der Waals surface area contributed by atoms with Gasteiger partial charge in [0.25, 0.3) is 0 Å². The van der Waals surface area contributed by atoms with E-state index in [1.54, 1.807) is 29.2 Å². The van der Waals surface area contributed by atoms with Gasteiger partial charge in [0.2, 0.25) is 5.91 Å². The standard InChI is InChI=1S/C16H19NO2/c1-17(11-4-6-12(18)7-5-11)16(19)15-13-9-2-3-10(8-9)14(13)15/h4-7,9-10,13-15,18H,2-3,8H2,1H3. The van der Waals surface area contributed by atoms with Crippen molar-refractivity contribution in [1.29, 1.82) is 0 Å². The Morgan fingerprint density at radius 2 is 1.74 bits per heavy atom. The topological polar surface area (TPSA) is 40.5 Å². The molecule has 4 rings (SSSR count). The van der Waals surface area contributed by atoms with Gasteiger partial charge in [-0.15, -0.1) is 0 Å². The van der Waals surface area contributed by atoms with Crippen molar-refractivity contribution in [2.75, 3.05) is 11.9 Å². The molecule has 1 aromatic carbocycles. The van der Waals surface area contributed by atoms with Crippen LogP contribution in [0.3, 0.4) is 0 Å². The minimum Gasteiger partial charge on any atom is -0.508 e. The largest absolute Gasteiger partial charge is 0.508 e. The summed E-state index contributed by atoms with van der Waals surface area (Å²) in [6, 6.07) is 6.88. The fourth-order valence-corrected chi connectivity index (χ4v) is 4.68. The van der Waals surface area contributed by atoms with E-state index in [0.717, 1.165) is 17.5 Å². The lowest BCUT2D eigenvalue weighted by molar-refractivity contribution is -0.120. The zero-order valence-corrected chi connectivity index (χ0v) is 11.1. The summed E-state index contributed by atoms with van der Waals surface area (Å²) in [7, 11) is 1.85. The third kappa shape index (κ3) is 1.54. The first kappa shape index (κ1) is 11.3. The third-order valence-corrected chi connectivity index (χ3v) is 5.59. The number of phenols is 1. The predicted molar refractivity (Wildman–Crippen MR) is 72.8 cm³/mol. The number of hydrogen-bond donors (Lipinski definition) is 1. The van der Waals surface area contributed by atoms with E-state index in [9.17, 15) is 9.90 Å². The Morgan fingerprint density at radius 3 is 2.32 bits per heavy atom. The molecule has 3 saturated carbocycles. The van der Waals surface area contributed by atoms with E-state index < -0.39 is 0 Å². The highest BCUT2D eigenvalue weighted by molar-refractivity contribution is 5.97. The van der Waals surface area contributed by atoms with Crippen molar-refractivity contribution in [2.24, 2.45) is 29.6 Å². The van der Waals surface area contributed by atoms with Crippen molar-refractivity contribution in [3.63, 3.8) is 0 Å². The van der Waals surface area contributed by atoms with Gasteiger partial charge in [-0.05, 0) is 67.2 Å². The zero-order chi connectivity index (χ0) is 13.1. The molecular weight excluding hydrogens is 238 g/mol. The van der Waals surface area contributed by atoms with Crippen molar-refractivity contribution < 1.29 is 9.90 Å². The second kappa shape index (κ2) is 3.75. The minimum atomic E-state index is 0.242. The molecule has 1 amide bonds. The van der Waals surface area contributed by atoms with Crippen LogP contribution in [-0.2, 0) is 4.79 Å². The van der Waals surface area contributed by atoms with Crippen LogP contribution in [0.1, 0.15) is 19.3 Å². The van der Waals surface area contributed by atoms with E-state index in [1.165, 1.54) is 19.3 Å². The summed E-state index contributed by atoms with van der Waals surface area (Å²) in [4.78, 5) is 14.4. The third-order valence-electron chi connectivity index (χ3n) is 5.59. The van der Waals surface area contributed by atoms with Crippen molar-refractivity contribution in [1.82, 2.24) is 0 Å². The van der Waals surface area contributed by atoms with Crippen LogP contribution in [0.4, 0.5) is 5.69 Å². The molecule has 3 fully saturated rings. The van der Waals surface area contributed by atoms with E-state index in [2.05, 4.69) is 0 Å². The second-order valence-corrected chi connectivity index (χ2v) is 6.43. The lowest BCUT2D eigenvalue weighted by Crippen LogP contribution is -2.29. The van der Waals surface area contributed by atoms with E-state index in [-0.39, 0.29) is 17.6 Å². The van der Waals surface area contributed by atoms with Crippen LogP contribution in [0, 0.1) is 29.6 Å². The molecular formula is C16H19NO2. The molecule has 0 heterocycles. The molecule has 0 radical (unpaired) electrons. The Morgan fingerprint density at radius 1 is 1.16 bits per heavy atom. The maximum absolute atomic E-state index is 12.6. The van der Waals surface area contributed by atoms with Gasteiger partial charge < -0.3 is 10.0 Å². The number of rotatable bonds is 2. The molecule has 3 aliphatic rings. The smallest absolute Gasteiger partial charge is 0.230 e. The van der Waals surface area contributed by atoms with Gasteiger partial charge in [0, 0.05) is 18.7 Å². The number of carbonyl (C=O) groups excluding carboxylic acids is 1. The van der Waals surface area contributed by atoms with Gasteiger partial charge >= 0.3 is 0 Å². The molecule has 1 aromatic rings. The first-order valence-corrected chi connectivity index (χ1v) is 7.23. The second-order valence-electron chi connectivity index (χ2n) is 6.43. The van der Waals surface area contributed by atoms with Gasteiger partial charge in [-0.2, -0.15) is 0 Å². The summed E-state index contributed by atoms with van der Waals surface area (Å²) in [5.74, 6) is 3.83. The van der Waals surface area contributed by atoms with Gasteiger partial charge in [-0.3, -0.25) is 4.79 Å². The monoisotopic (exact) mass is 257 g/mol. The summed E-state index contributed by atoms with van der Waals surface area (Å²) >= 11 is 0. The number of benzene rings is 1. The summed E-state index contributed by atoms with van der Waals surface area (Å²) in [5.41, 5.74) is 0.875.